The van der Waals surface area contributed by atoms with Gasteiger partial charge >= 0.3 is 0 Å². The fourth-order valence-electron chi connectivity index (χ4n) is 5.20. The van der Waals surface area contributed by atoms with Gasteiger partial charge in [-0.15, -0.1) is 0 Å². The number of phenolic OH excluding ortho intramolecular Hbond substituents is 1. The molecule has 0 aliphatic heterocycles. The van der Waals surface area contributed by atoms with Crippen molar-refractivity contribution in [3.05, 3.63) is 46.2 Å². The van der Waals surface area contributed by atoms with Gasteiger partial charge in [0.1, 0.15) is 22.8 Å². The summed E-state index contributed by atoms with van der Waals surface area (Å²) in [6.07, 6.45) is -0.723. The maximum atomic E-state index is 13.9. The molecule has 170 valence electrons. The quantitative estimate of drug-likeness (QED) is 0.327. The summed E-state index contributed by atoms with van der Waals surface area (Å²) in [6.45, 7) is -5.89. The van der Waals surface area contributed by atoms with E-state index in [1.807, 2.05) is 0 Å². The number of carbonyl (C=O) groups is 3. The average molecular weight is 450 g/mol. The molecule has 1 aromatic carbocycles. The first-order valence-corrected chi connectivity index (χ1v) is 9.52. The summed E-state index contributed by atoms with van der Waals surface area (Å²) < 4.78 is 46.7. The topological polar surface area (TPSA) is 182 Å². The molecule has 4 rings (SSSR count). The number of rotatable bonds is 2. The van der Waals surface area contributed by atoms with E-state index in [1.165, 1.54) is 19.1 Å². The number of amides is 1. The Balaban J connectivity index is 2.09. The zero-order chi connectivity index (χ0) is 28.9. The lowest BCUT2D eigenvalue weighted by Crippen LogP contribution is -2.67. The van der Waals surface area contributed by atoms with Gasteiger partial charge in [0, 0.05) is 25.6 Å². The van der Waals surface area contributed by atoms with E-state index in [0.29, 0.717) is 0 Å². The molecule has 0 spiro atoms. The molecule has 1 fully saturated rings. The zero-order valence-corrected chi connectivity index (χ0v) is 16.7. The number of aromatic hydroxyl groups is 1. The first-order chi connectivity index (χ1) is 17.2. The summed E-state index contributed by atoms with van der Waals surface area (Å²) in [6, 6.07) is 1.40. The Morgan fingerprint density at radius 3 is 2.47 bits per heavy atom. The number of aliphatic hydroxyl groups excluding tert-OH is 2. The second-order valence-electron chi connectivity index (χ2n) is 8.37. The van der Waals surface area contributed by atoms with Crippen LogP contribution in [0.3, 0.4) is 0 Å². The fraction of sp³-hybridized carbons (Fsp3) is 0.409. The summed E-state index contributed by atoms with van der Waals surface area (Å²) in [7, 11) is 0. The molecule has 3 aliphatic rings. The third kappa shape index (κ3) is 2.48. The van der Waals surface area contributed by atoms with Crippen LogP contribution < -0.4 is 5.73 Å². The molecule has 0 aromatic heterocycles. The van der Waals surface area contributed by atoms with Crippen LogP contribution in [0.25, 0.3) is 5.76 Å². The minimum atomic E-state index is -3.54. The summed E-state index contributed by atoms with van der Waals surface area (Å²) in [5.74, 6) is -11.3. The van der Waals surface area contributed by atoms with Gasteiger partial charge in [-0.25, -0.2) is 0 Å². The molecule has 1 aromatic rings. The average Bonchev–Trinajstić information content (AvgIpc) is 2.74. The van der Waals surface area contributed by atoms with Crippen LogP contribution in [0, 0.1) is 11.8 Å². The van der Waals surface area contributed by atoms with Gasteiger partial charge in [-0.3, -0.25) is 19.3 Å². The van der Waals surface area contributed by atoms with Gasteiger partial charge in [0.25, 0.3) is 5.91 Å². The van der Waals surface area contributed by atoms with Crippen molar-refractivity contribution in [2.45, 2.75) is 30.6 Å². The van der Waals surface area contributed by atoms with Gasteiger partial charge in [0.15, 0.2) is 11.4 Å². The van der Waals surface area contributed by atoms with E-state index in [9.17, 15) is 39.9 Å². The van der Waals surface area contributed by atoms with Gasteiger partial charge in [-0.1, -0.05) is 12.1 Å². The van der Waals surface area contributed by atoms with E-state index >= 15 is 0 Å². The number of aliphatic hydroxyl groups is 4. The second-order valence-corrected chi connectivity index (χ2v) is 8.37. The van der Waals surface area contributed by atoms with Crippen molar-refractivity contribution >= 4 is 23.2 Å². The van der Waals surface area contributed by atoms with Crippen LogP contribution in [0.5, 0.6) is 5.75 Å². The van der Waals surface area contributed by atoms with Crippen LogP contribution in [0.2, 0.25) is 0 Å². The molecular weight excluding hydrogens is 420 g/mol. The lowest BCUT2D eigenvalue weighted by Gasteiger charge is -2.53. The normalized spacial score (nSPS) is 37.9. The predicted molar refractivity (Wildman–Crippen MR) is 110 cm³/mol. The summed E-state index contributed by atoms with van der Waals surface area (Å²) in [4.78, 5) is 39.2. The zero-order valence-electron chi connectivity index (χ0n) is 22.7. The third-order valence-corrected chi connectivity index (χ3v) is 6.74. The minimum absolute atomic E-state index is 0.0539. The highest BCUT2D eigenvalue weighted by atomic mass is 16.3. The molecule has 0 radical (unpaired) electrons. The van der Waals surface area contributed by atoms with Gasteiger partial charge < -0.3 is 31.3 Å². The van der Waals surface area contributed by atoms with E-state index in [1.54, 1.807) is 0 Å². The maximum Gasteiger partial charge on any atom is 0.255 e. The number of primary amides is 1. The summed E-state index contributed by atoms with van der Waals surface area (Å²) in [5, 5.41) is 55.4. The van der Waals surface area contributed by atoms with E-state index < -0.39 is 95.3 Å². The molecule has 32 heavy (non-hydrogen) atoms. The van der Waals surface area contributed by atoms with Crippen LogP contribution in [-0.4, -0.2) is 73.5 Å². The Morgan fingerprint density at radius 2 is 1.88 bits per heavy atom. The molecule has 7 N–H and O–H groups in total. The number of phenols is 1. The molecule has 0 bridgehead atoms. The van der Waals surface area contributed by atoms with E-state index in [2.05, 4.69) is 0 Å². The molecule has 0 unspecified atom stereocenters. The van der Waals surface area contributed by atoms with Crippen LogP contribution in [0.1, 0.15) is 32.7 Å². The molecular formula is C22H24N2O8. The largest absolute Gasteiger partial charge is 0.508 e. The molecule has 1 amide bonds. The van der Waals surface area contributed by atoms with Crippen molar-refractivity contribution in [2.24, 2.45) is 17.6 Å². The molecule has 5 atom stereocenters. The first kappa shape index (κ1) is 15.6. The van der Waals surface area contributed by atoms with Crippen molar-refractivity contribution in [2.75, 3.05) is 14.0 Å². The van der Waals surface area contributed by atoms with E-state index in [0.717, 1.165) is 6.07 Å². The number of Topliss-reactive ketones (excluding diaryl/α,β-unsaturated/α-hetero) is 2. The number of likely N-dealkylation sites (N-methyl/N-ethyl adjacent to an activating group) is 1. The van der Waals surface area contributed by atoms with Crippen LogP contribution in [-0.2, 0) is 20.0 Å². The van der Waals surface area contributed by atoms with Crippen molar-refractivity contribution in [1.82, 2.24) is 4.90 Å². The number of benzene rings is 1. The molecule has 0 heterocycles. The Labute approximate surface area is 191 Å². The lowest BCUT2D eigenvalue weighted by atomic mass is 9.54. The highest BCUT2D eigenvalue weighted by Gasteiger charge is 2.66. The van der Waals surface area contributed by atoms with Crippen LogP contribution in [0.4, 0.5) is 0 Å². The number of hydrogen-bond donors (Lipinski definition) is 6. The number of carbonyl (C=O) groups excluding carboxylic acids is 3. The minimum Gasteiger partial charge on any atom is -0.508 e. The number of ketones is 2. The first-order valence-electron chi connectivity index (χ1n) is 12.5. The smallest absolute Gasteiger partial charge is 0.255 e. The molecule has 10 heteroatoms. The number of fused-ring (bicyclic) bond motifs is 3. The molecule has 3 aliphatic carbocycles. The monoisotopic (exact) mass is 450 g/mol. The lowest BCUT2D eigenvalue weighted by molar-refractivity contribution is -0.159. The van der Waals surface area contributed by atoms with E-state index in [-0.39, 0.29) is 16.0 Å². The van der Waals surface area contributed by atoms with Crippen molar-refractivity contribution in [3.8, 4) is 5.75 Å². The van der Waals surface area contributed by atoms with Gasteiger partial charge in [-0.05, 0) is 38.9 Å². The summed E-state index contributed by atoms with van der Waals surface area (Å²) in [5.41, 5.74) is -2.68. The molecule has 1 saturated carbocycles. The van der Waals surface area contributed by atoms with Crippen molar-refractivity contribution < 1.29 is 48.1 Å². The predicted octanol–water partition coefficient (Wildman–Crippen LogP) is -0.371. The van der Waals surface area contributed by atoms with Gasteiger partial charge in [0.05, 0.1) is 17.2 Å². The van der Waals surface area contributed by atoms with Crippen LogP contribution >= 0.6 is 0 Å². The second kappa shape index (κ2) is 6.64. The Morgan fingerprint density at radius 1 is 1.22 bits per heavy atom. The van der Waals surface area contributed by atoms with Gasteiger partial charge in [0.2, 0.25) is 5.78 Å². The molecule has 0 saturated heterocycles. The Hall–Kier alpha value is -3.21. The fourth-order valence-corrected chi connectivity index (χ4v) is 5.20. The maximum absolute atomic E-state index is 13.9. The van der Waals surface area contributed by atoms with Crippen LogP contribution in [0.15, 0.2) is 35.1 Å². The number of hydrogen-bond acceptors (Lipinski definition) is 9. The highest BCUT2D eigenvalue weighted by molar-refractivity contribution is 6.24. The number of nitrogens with two attached hydrogens (primary N) is 1. The standard InChI is InChI=1S/C22H24N2O8/c1-21(31)8-5-4-6-11(25)12(8)16(26)13-9(21)7-10-15(24(2)3)17(27)14(20(23)30)19(29)22(10,32)18(13)28/h4-6,9-10,15,25-26,29,31-32H,7H2,1-3H3,(H2,23,30)/t9-,10-,15+,21+,22-/m0/s1/i2D3,3D3. The highest BCUT2D eigenvalue weighted by Crippen LogP contribution is 2.57. The van der Waals surface area contributed by atoms with Crippen molar-refractivity contribution in [3.63, 3.8) is 0 Å². The van der Waals surface area contributed by atoms with Gasteiger partial charge in [-0.2, -0.15) is 0 Å². The Kier molecular flexibility index (Phi) is 3.23. The van der Waals surface area contributed by atoms with E-state index in [4.69, 9.17) is 14.0 Å². The number of nitrogens with zero attached hydrogens (tertiary/aromatic N) is 1. The Bertz CT molecular complexity index is 1330. The van der Waals surface area contributed by atoms with Crippen molar-refractivity contribution in [1.29, 1.82) is 0 Å². The SMILES string of the molecule is [2H]C([2H])([2H])N([C@H]1C(=O)C(C(N)=O)=C(O)[C@@]2(O)C(=O)C3=C(O)c4c(O)cccc4[C@@](C)(O)[C@H]3C[C@@H]12)C([2H])([2H])[2H]. The third-order valence-electron chi connectivity index (χ3n) is 6.74. The molecule has 10 nitrogen and oxygen atoms in total. The summed E-state index contributed by atoms with van der Waals surface area (Å²) >= 11 is 0.